The van der Waals surface area contributed by atoms with Crippen molar-refractivity contribution in [2.45, 2.75) is 39.5 Å². The van der Waals surface area contributed by atoms with Crippen LogP contribution in [0.3, 0.4) is 0 Å². The van der Waals surface area contributed by atoms with Gasteiger partial charge in [-0.3, -0.25) is 0 Å². The van der Waals surface area contributed by atoms with Gasteiger partial charge < -0.3 is 28.1 Å². The van der Waals surface area contributed by atoms with E-state index in [1.807, 2.05) is 24.3 Å². The van der Waals surface area contributed by atoms with Gasteiger partial charge in [0, 0.05) is 56.8 Å². The molecule has 0 saturated carbocycles. The molecule has 3 aliphatic heterocycles. The average molecular weight is 795 g/mol. The third-order valence-corrected chi connectivity index (χ3v) is 12.6. The second-order valence-corrected chi connectivity index (χ2v) is 17.6. The van der Waals surface area contributed by atoms with Crippen molar-refractivity contribution >= 4 is 79.2 Å². The van der Waals surface area contributed by atoms with Crippen LogP contribution in [0.5, 0.6) is 11.5 Å². The molecule has 296 valence electrons. The second-order valence-electron chi connectivity index (χ2n) is 17.6. The second kappa shape index (κ2) is 13.4. The van der Waals surface area contributed by atoms with Gasteiger partial charge in [0.25, 0.3) is 6.71 Å². The predicted molar refractivity (Wildman–Crippen MR) is 250 cm³/mol. The van der Waals surface area contributed by atoms with E-state index in [9.17, 15) is 0 Å². The molecule has 3 aliphatic rings. The van der Waals surface area contributed by atoms with Crippen LogP contribution in [0.25, 0.3) is 44.6 Å². The fraction of sp³-hybridized carbons (Fsp3) is 0.148. The quantitative estimate of drug-likeness (QED) is 0.165. The topological polar surface area (TPSA) is 51.2 Å². The summed E-state index contributed by atoms with van der Waals surface area (Å²) in [5, 5.41) is 2.16. The Hall–Kier alpha value is -7.12. The summed E-state index contributed by atoms with van der Waals surface area (Å²) >= 11 is 0. The first-order valence-electron chi connectivity index (χ1n) is 21.3. The van der Waals surface area contributed by atoms with Gasteiger partial charge in [-0.25, -0.2) is 0 Å². The van der Waals surface area contributed by atoms with Gasteiger partial charge >= 0.3 is 0 Å². The number of nitrogens with zero attached hydrogens (tertiary/aromatic N) is 2. The Morgan fingerprint density at radius 2 is 1.20 bits per heavy atom. The van der Waals surface area contributed by atoms with Crippen molar-refractivity contribution in [2.24, 2.45) is 0 Å². The molecular weight excluding hydrogens is 751 g/mol. The zero-order valence-electron chi connectivity index (χ0n) is 34.7. The van der Waals surface area contributed by atoms with Gasteiger partial charge in [-0.2, -0.15) is 0 Å². The lowest BCUT2D eigenvalue weighted by Gasteiger charge is -2.45. The highest BCUT2D eigenvalue weighted by Crippen LogP contribution is 2.50. The molecule has 9 aromatic rings. The molecule has 0 amide bonds. The van der Waals surface area contributed by atoms with Crippen LogP contribution in [0.2, 0.25) is 0 Å². The number of para-hydroxylation sites is 2. The smallest absolute Gasteiger partial charge is 0.252 e. The van der Waals surface area contributed by atoms with Crippen molar-refractivity contribution in [3.05, 3.63) is 163 Å². The number of fused-ring (bicyclic) bond motifs is 8. The van der Waals surface area contributed by atoms with Gasteiger partial charge in [0.05, 0.1) is 18.9 Å². The Labute approximate surface area is 355 Å². The number of rotatable bonds is 4. The molecule has 0 unspecified atom stereocenters. The van der Waals surface area contributed by atoms with Crippen molar-refractivity contribution in [1.82, 2.24) is 0 Å². The van der Waals surface area contributed by atoms with Crippen LogP contribution >= 0.6 is 0 Å². The van der Waals surface area contributed by atoms with Crippen LogP contribution in [0.4, 0.5) is 34.1 Å². The third kappa shape index (κ3) is 5.71. The number of anilines is 6. The molecule has 2 aromatic heterocycles. The molecule has 7 aromatic carbocycles. The molecule has 0 spiro atoms. The molecule has 6 nitrogen and oxygen atoms in total. The molecule has 0 N–H and O–H groups in total. The summed E-state index contributed by atoms with van der Waals surface area (Å²) in [5.74, 6) is 3.25. The van der Waals surface area contributed by atoms with E-state index >= 15 is 0 Å². The minimum Gasteiger partial charge on any atom is -0.489 e. The largest absolute Gasteiger partial charge is 0.489 e. The predicted octanol–water partition coefficient (Wildman–Crippen LogP) is 12.4. The van der Waals surface area contributed by atoms with Gasteiger partial charge in [-0.05, 0) is 113 Å². The van der Waals surface area contributed by atoms with E-state index in [4.69, 9.17) is 18.3 Å². The Morgan fingerprint density at radius 1 is 0.541 bits per heavy atom. The summed E-state index contributed by atoms with van der Waals surface area (Å²) in [6.45, 7) is 10.1. The normalized spacial score (nSPS) is 14.2. The number of benzene rings is 7. The monoisotopic (exact) mass is 794 g/mol. The number of aryl methyl sites for hydroxylation is 1. The SMILES string of the molecule is Cc1cc2c3c(c1)N(c1ccc(C(C)(C)C)cc1)c1c(ccc4c1OCCCO4)B3c1ccc(-c3cc4ccccc4o3)cc1N2c1cccc(-c2cc3ccccc3o2)c1. The molecule has 0 atom stereocenters. The highest BCUT2D eigenvalue weighted by atomic mass is 16.5. The van der Waals surface area contributed by atoms with Crippen LogP contribution < -0.4 is 35.7 Å². The average Bonchev–Trinajstić information content (AvgIpc) is 3.84. The zero-order valence-corrected chi connectivity index (χ0v) is 34.7. The standard InChI is InChI=1S/C54H43BN2O4/c1-33-27-44-51-45(28-33)57(39-20-18-38(19-21-39)54(2,3)4)52-42(23-24-48-53(52)59-26-10-25-58-48)55(51)41-22-17-37(50-32-36-12-6-8-16-47(36)61-50)30-43(41)56(44)40-14-9-13-34(29-40)49-31-35-11-5-7-15-46(35)60-49/h5-9,11-24,27-32H,10,25-26H2,1-4H3. The molecule has 0 bridgehead atoms. The maximum Gasteiger partial charge on any atom is 0.252 e. The summed E-state index contributed by atoms with van der Waals surface area (Å²) in [6.07, 6.45) is 0.822. The van der Waals surface area contributed by atoms with E-state index in [0.29, 0.717) is 13.2 Å². The van der Waals surface area contributed by atoms with Crippen LogP contribution in [0, 0.1) is 6.92 Å². The van der Waals surface area contributed by atoms with Gasteiger partial charge in [0.2, 0.25) is 0 Å². The number of ether oxygens (including phenoxy) is 2. The third-order valence-electron chi connectivity index (χ3n) is 12.6. The van der Waals surface area contributed by atoms with Gasteiger partial charge in [-0.1, -0.05) is 99.6 Å². The van der Waals surface area contributed by atoms with Crippen molar-refractivity contribution in [3.63, 3.8) is 0 Å². The van der Waals surface area contributed by atoms with E-state index in [-0.39, 0.29) is 12.1 Å². The number of hydrogen-bond donors (Lipinski definition) is 0. The molecule has 7 heteroatoms. The highest BCUT2D eigenvalue weighted by molar-refractivity contribution is 7.00. The number of hydrogen-bond acceptors (Lipinski definition) is 6. The fourth-order valence-electron chi connectivity index (χ4n) is 9.69. The summed E-state index contributed by atoms with van der Waals surface area (Å²) < 4.78 is 26.1. The maximum absolute atomic E-state index is 6.73. The van der Waals surface area contributed by atoms with E-state index < -0.39 is 0 Å². The molecule has 0 saturated heterocycles. The summed E-state index contributed by atoms with van der Waals surface area (Å²) in [4.78, 5) is 4.87. The Balaban J connectivity index is 1.13. The van der Waals surface area contributed by atoms with Crippen molar-refractivity contribution in [2.75, 3.05) is 23.0 Å². The zero-order chi connectivity index (χ0) is 41.0. The molecule has 0 radical (unpaired) electrons. The molecule has 0 aliphatic carbocycles. The molecule has 12 rings (SSSR count). The molecule has 0 fully saturated rings. The van der Waals surface area contributed by atoms with Crippen LogP contribution in [-0.2, 0) is 5.41 Å². The van der Waals surface area contributed by atoms with Crippen molar-refractivity contribution in [1.29, 1.82) is 0 Å². The first kappa shape index (κ1) is 35.8. The van der Waals surface area contributed by atoms with E-state index in [1.54, 1.807) is 0 Å². The lowest BCUT2D eigenvalue weighted by molar-refractivity contribution is 0.297. The lowest BCUT2D eigenvalue weighted by Crippen LogP contribution is -2.61. The summed E-state index contributed by atoms with van der Waals surface area (Å²) in [6, 6.07) is 54.4. The first-order chi connectivity index (χ1) is 29.8. The van der Waals surface area contributed by atoms with E-state index in [0.717, 1.165) is 102 Å². The van der Waals surface area contributed by atoms with E-state index in [2.05, 4.69) is 165 Å². The Kier molecular flexibility index (Phi) is 7.89. The van der Waals surface area contributed by atoms with Gasteiger partial charge in [-0.15, -0.1) is 0 Å². The minimum absolute atomic E-state index is 0.0162. The Morgan fingerprint density at radius 3 is 1.90 bits per heavy atom. The van der Waals surface area contributed by atoms with Crippen LogP contribution in [-0.4, -0.2) is 19.9 Å². The lowest BCUT2D eigenvalue weighted by atomic mass is 9.33. The van der Waals surface area contributed by atoms with Crippen LogP contribution in [0.1, 0.15) is 38.3 Å². The minimum atomic E-state index is -0.0996. The highest BCUT2D eigenvalue weighted by Gasteiger charge is 2.45. The summed E-state index contributed by atoms with van der Waals surface area (Å²) in [5.41, 5.74) is 16.3. The maximum atomic E-state index is 6.73. The van der Waals surface area contributed by atoms with Crippen molar-refractivity contribution in [3.8, 4) is 34.1 Å². The van der Waals surface area contributed by atoms with Gasteiger partial charge in [0.15, 0.2) is 11.5 Å². The molecular formula is C54H43BN2O4. The van der Waals surface area contributed by atoms with Crippen molar-refractivity contribution < 1.29 is 18.3 Å². The fourth-order valence-corrected chi connectivity index (χ4v) is 9.69. The summed E-state index contributed by atoms with van der Waals surface area (Å²) in [7, 11) is 0. The number of furan rings is 2. The first-order valence-corrected chi connectivity index (χ1v) is 21.3. The van der Waals surface area contributed by atoms with Crippen LogP contribution in [0.15, 0.2) is 160 Å². The van der Waals surface area contributed by atoms with E-state index in [1.165, 1.54) is 22.0 Å². The molecule has 5 heterocycles. The van der Waals surface area contributed by atoms with Gasteiger partial charge in [0.1, 0.15) is 22.7 Å². The Bertz CT molecular complexity index is 3140. The molecule has 61 heavy (non-hydrogen) atoms.